The van der Waals surface area contributed by atoms with E-state index in [2.05, 4.69) is 9.97 Å². The van der Waals surface area contributed by atoms with Crippen molar-refractivity contribution in [3.05, 3.63) is 71.8 Å². The summed E-state index contributed by atoms with van der Waals surface area (Å²) in [4.78, 5) is 19.7. The summed E-state index contributed by atoms with van der Waals surface area (Å²) >= 11 is 0. The second-order valence-electron chi connectivity index (χ2n) is 5.39. The largest absolute Gasteiger partial charge is 0.416 e. The van der Waals surface area contributed by atoms with Gasteiger partial charge in [-0.25, -0.2) is 4.98 Å². The van der Waals surface area contributed by atoms with Crippen LogP contribution in [-0.2, 0) is 12.7 Å². The molecule has 0 aliphatic rings. The van der Waals surface area contributed by atoms with E-state index in [1.54, 1.807) is 22.9 Å². The number of carbonyl (C=O) groups is 1. The van der Waals surface area contributed by atoms with E-state index in [0.29, 0.717) is 17.0 Å². The minimum absolute atomic E-state index is 0.204. The summed E-state index contributed by atoms with van der Waals surface area (Å²) in [6.07, 6.45) is 0.193. The Hall–Kier alpha value is -3.16. The maximum absolute atomic E-state index is 12.8. The van der Waals surface area contributed by atoms with Gasteiger partial charge in [0.25, 0.3) is 5.91 Å². The van der Waals surface area contributed by atoms with Gasteiger partial charge < -0.3 is 10.3 Å². The number of nitrogens with zero attached hydrogens (tertiary/aromatic N) is 3. The van der Waals surface area contributed by atoms with Gasteiger partial charge in [0.15, 0.2) is 0 Å². The van der Waals surface area contributed by atoms with E-state index in [1.807, 2.05) is 0 Å². The molecule has 0 bridgehead atoms. The normalized spacial score (nSPS) is 11.5. The second-order valence-corrected chi connectivity index (χ2v) is 5.39. The quantitative estimate of drug-likeness (QED) is 0.789. The first kappa shape index (κ1) is 16.7. The molecule has 3 aromatic rings. The van der Waals surface area contributed by atoms with Crippen molar-refractivity contribution in [1.29, 1.82) is 0 Å². The molecule has 0 saturated carbocycles. The number of rotatable bonds is 4. The lowest BCUT2D eigenvalue weighted by Gasteiger charge is -2.09. The van der Waals surface area contributed by atoms with Gasteiger partial charge in [-0.1, -0.05) is 12.1 Å². The fourth-order valence-corrected chi connectivity index (χ4v) is 2.43. The summed E-state index contributed by atoms with van der Waals surface area (Å²) in [5.74, 6) is -0.629. The summed E-state index contributed by atoms with van der Waals surface area (Å²) in [5.41, 5.74) is 6.08. The fourth-order valence-electron chi connectivity index (χ4n) is 2.43. The topological polar surface area (TPSA) is 73.8 Å². The molecule has 1 amide bonds. The number of carbonyl (C=O) groups excluding carboxylic acids is 1. The molecule has 2 heterocycles. The first-order chi connectivity index (χ1) is 11.8. The van der Waals surface area contributed by atoms with Crippen LogP contribution in [-0.4, -0.2) is 20.4 Å². The Morgan fingerprint density at radius 1 is 1.16 bits per heavy atom. The number of hydrogen-bond acceptors (Lipinski definition) is 3. The highest BCUT2D eigenvalue weighted by atomic mass is 19.4. The molecule has 1 aromatic carbocycles. The van der Waals surface area contributed by atoms with Gasteiger partial charge in [0.2, 0.25) is 0 Å². The lowest BCUT2D eigenvalue weighted by atomic mass is 10.1. The first-order valence-electron chi connectivity index (χ1n) is 7.27. The molecule has 25 heavy (non-hydrogen) atoms. The average molecular weight is 346 g/mol. The third-order valence-corrected chi connectivity index (χ3v) is 3.57. The average Bonchev–Trinajstić information content (AvgIpc) is 3.02. The van der Waals surface area contributed by atoms with Gasteiger partial charge in [-0.2, -0.15) is 13.2 Å². The van der Waals surface area contributed by atoms with Crippen LogP contribution in [0.1, 0.15) is 21.5 Å². The molecule has 5 nitrogen and oxygen atoms in total. The Labute approximate surface area is 140 Å². The van der Waals surface area contributed by atoms with Crippen molar-refractivity contribution in [3.8, 4) is 11.4 Å². The van der Waals surface area contributed by atoms with Gasteiger partial charge in [0.05, 0.1) is 17.5 Å². The number of primary amides is 1. The fraction of sp³-hybridized carbons (Fsp3) is 0.118. The van der Waals surface area contributed by atoms with Crippen molar-refractivity contribution in [3.63, 3.8) is 0 Å². The van der Waals surface area contributed by atoms with Crippen LogP contribution in [0.2, 0.25) is 0 Å². The number of halogens is 3. The van der Waals surface area contributed by atoms with Crippen LogP contribution in [0.25, 0.3) is 11.4 Å². The molecule has 8 heteroatoms. The summed E-state index contributed by atoms with van der Waals surface area (Å²) in [6, 6.07) is 8.20. The molecular weight excluding hydrogens is 333 g/mol. The van der Waals surface area contributed by atoms with E-state index in [0.717, 1.165) is 12.1 Å². The minimum atomic E-state index is -4.39. The van der Waals surface area contributed by atoms with Crippen molar-refractivity contribution in [2.24, 2.45) is 5.73 Å². The Morgan fingerprint density at radius 3 is 2.68 bits per heavy atom. The lowest BCUT2D eigenvalue weighted by molar-refractivity contribution is -0.137. The van der Waals surface area contributed by atoms with E-state index in [-0.39, 0.29) is 12.1 Å². The molecule has 0 spiro atoms. The number of alkyl halides is 3. The number of hydrogen-bond donors (Lipinski definition) is 1. The SMILES string of the molecule is NC(=O)c1cccnc1-c1cn(Cc2cccc(C(F)(F)F)c2)cn1. The van der Waals surface area contributed by atoms with Gasteiger partial charge >= 0.3 is 6.18 Å². The highest BCUT2D eigenvalue weighted by Gasteiger charge is 2.30. The van der Waals surface area contributed by atoms with Crippen molar-refractivity contribution in [2.75, 3.05) is 0 Å². The zero-order chi connectivity index (χ0) is 18.0. The molecule has 3 rings (SSSR count). The zero-order valence-corrected chi connectivity index (χ0v) is 12.9. The lowest BCUT2D eigenvalue weighted by Crippen LogP contribution is -2.13. The molecule has 2 aromatic heterocycles. The predicted octanol–water partition coefficient (Wildman–Crippen LogP) is 3.11. The minimum Gasteiger partial charge on any atom is -0.366 e. The van der Waals surface area contributed by atoms with Crippen LogP contribution < -0.4 is 5.73 Å². The van der Waals surface area contributed by atoms with Crippen LogP contribution >= 0.6 is 0 Å². The van der Waals surface area contributed by atoms with E-state index < -0.39 is 17.6 Å². The highest BCUT2D eigenvalue weighted by molar-refractivity contribution is 5.98. The van der Waals surface area contributed by atoms with E-state index >= 15 is 0 Å². The second kappa shape index (κ2) is 6.39. The standard InChI is InChI=1S/C17H13F3N4O/c18-17(19,20)12-4-1-3-11(7-12)8-24-9-14(23-10-24)15-13(16(21)25)5-2-6-22-15/h1-7,9-10H,8H2,(H2,21,25). The van der Waals surface area contributed by atoms with Crippen LogP contribution in [0, 0.1) is 0 Å². The Balaban J connectivity index is 1.87. The Morgan fingerprint density at radius 2 is 1.96 bits per heavy atom. The van der Waals surface area contributed by atoms with Crippen LogP contribution in [0.4, 0.5) is 13.2 Å². The predicted molar refractivity (Wildman–Crippen MR) is 84.5 cm³/mol. The van der Waals surface area contributed by atoms with Crippen LogP contribution in [0.15, 0.2) is 55.1 Å². The van der Waals surface area contributed by atoms with Gasteiger partial charge in [0, 0.05) is 18.9 Å². The molecule has 0 aliphatic carbocycles. The zero-order valence-electron chi connectivity index (χ0n) is 12.9. The number of pyridine rings is 1. The molecule has 0 atom stereocenters. The van der Waals surface area contributed by atoms with Gasteiger partial charge in [-0.15, -0.1) is 0 Å². The van der Waals surface area contributed by atoms with Gasteiger partial charge in [-0.3, -0.25) is 9.78 Å². The molecule has 0 radical (unpaired) electrons. The molecule has 0 saturated heterocycles. The van der Waals surface area contributed by atoms with E-state index in [9.17, 15) is 18.0 Å². The van der Waals surface area contributed by atoms with E-state index in [1.165, 1.54) is 24.7 Å². The summed E-state index contributed by atoms with van der Waals surface area (Å²) in [6.45, 7) is 0.204. The van der Waals surface area contributed by atoms with Crippen molar-refractivity contribution in [1.82, 2.24) is 14.5 Å². The van der Waals surface area contributed by atoms with Crippen LogP contribution in [0.3, 0.4) is 0 Å². The van der Waals surface area contributed by atoms with Gasteiger partial charge in [-0.05, 0) is 29.8 Å². The smallest absolute Gasteiger partial charge is 0.366 e. The first-order valence-corrected chi connectivity index (χ1v) is 7.27. The summed E-state index contributed by atoms with van der Waals surface area (Å²) in [5, 5.41) is 0. The molecule has 0 fully saturated rings. The van der Waals surface area contributed by atoms with Crippen molar-refractivity contribution >= 4 is 5.91 Å². The maximum atomic E-state index is 12.8. The number of amides is 1. The number of benzene rings is 1. The Bertz CT molecular complexity index is 918. The number of nitrogens with two attached hydrogens (primary N) is 1. The monoisotopic (exact) mass is 346 g/mol. The Kier molecular flexibility index (Phi) is 4.26. The van der Waals surface area contributed by atoms with E-state index in [4.69, 9.17) is 5.73 Å². The molecule has 0 aliphatic heterocycles. The summed E-state index contributed by atoms with van der Waals surface area (Å²) in [7, 11) is 0. The van der Waals surface area contributed by atoms with Crippen molar-refractivity contribution < 1.29 is 18.0 Å². The summed E-state index contributed by atoms with van der Waals surface area (Å²) < 4.78 is 40.0. The van der Waals surface area contributed by atoms with Crippen LogP contribution in [0.5, 0.6) is 0 Å². The van der Waals surface area contributed by atoms with Crippen molar-refractivity contribution in [2.45, 2.75) is 12.7 Å². The maximum Gasteiger partial charge on any atom is 0.416 e. The third kappa shape index (κ3) is 3.68. The molecule has 2 N–H and O–H groups in total. The molecule has 128 valence electrons. The number of imidazole rings is 1. The third-order valence-electron chi connectivity index (χ3n) is 3.57. The van der Waals surface area contributed by atoms with Gasteiger partial charge in [0.1, 0.15) is 11.4 Å². The highest BCUT2D eigenvalue weighted by Crippen LogP contribution is 2.29. The molecule has 0 unspecified atom stereocenters. The molecular formula is C17H13F3N4O. The number of aromatic nitrogens is 3.